The third-order valence-corrected chi connectivity index (χ3v) is 6.55. The average molecular weight is 428 g/mol. The van der Waals surface area contributed by atoms with Crippen molar-refractivity contribution in [1.29, 1.82) is 0 Å². The molecule has 2 fully saturated rings. The number of likely N-dealkylation sites (N-methyl/N-ethyl adjacent to an activating group) is 1. The van der Waals surface area contributed by atoms with E-state index in [9.17, 15) is 4.79 Å². The highest BCUT2D eigenvalue weighted by Crippen LogP contribution is 2.32. The third-order valence-electron chi connectivity index (χ3n) is 6.55. The number of carbonyl (C=O) groups is 1. The molecule has 164 valence electrons. The van der Waals surface area contributed by atoms with Crippen molar-refractivity contribution in [3.63, 3.8) is 0 Å². The minimum atomic E-state index is -0.0200. The maximum atomic E-state index is 12.6. The Kier molecular flexibility index (Phi) is 5.59. The fourth-order valence-corrected chi connectivity index (χ4v) is 4.20. The topological polar surface area (TPSA) is 64.3 Å². The van der Waals surface area contributed by atoms with E-state index in [0.717, 1.165) is 54.4 Å². The van der Waals surface area contributed by atoms with E-state index in [1.54, 1.807) is 0 Å². The second kappa shape index (κ2) is 8.68. The number of benzene rings is 1. The zero-order chi connectivity index (χ0) is 22.1. The summed E-state index contributed by atoms with van der Waals surface area (Å²) in [5, 5.41) is 10.7. The van der Waals surface area contributed by atoms with E-state index >= 15 is 0 Å². The van der Waals surface area contributed by atoms with Gasteiger partial charge in [0.2, 0.25) is 0 Å². The van der Waals surface area contributed by atoms with Gasteiger partial charge in [-0.25, -0.2) is 0 Å². The summed E-state index contributed by atoms with van der Waals surface area (Å²) in [6.07, 6.45) is 2.42. The predicted octanol–water partition coefficient (Wildman–Crippen LogP) is 3.62. The van der Waals surface area contributed by atoms with Gasteiger partial charge in [0.25, 0.3) is 5.91 Å². The van der Waals surface area contributed by atoms with Crippen LogP contribution in [0.5, 0.6) is 0 Å². The lowest BCUT2D eigenvalue weighted by Gasteiger charge is -2.33. The molecule has 1 aliphatic heterocycles. The van der Waals surface area contributed by atoms with Gasteiger partial charge in [0.1, 0.15) is 5.69 Å². The third kappa shape index (κ3) is 4.49. The molecule has 0 spiro atoms. The summed E-state index contributed by atoms with van der Waals surface area (Å²) in [6.45, 7) is 6.24. The molecule has 6 nitrogen and oxygen atoms in total. The van der Waals surface area contributed by atoms with Gasteiger partial charge < -0.3 is 15.1 Å². The number of hydrogen-bond donors (Lipinski definition) is 2. The highest BCUT2D eigenvalue weighted by Gasteiger charge is 2.29. The van der Waals surface area contributed by atoms with Crippen LogP contribution in [0.25, 0.3) is 22.5 Å². The molecule has 1 amide bonds. The molecule has 2 N–H and O–H groups in total. The van der Waals surface area contributed by atoms with Crippen LogP contribution in [0.1, 0.15) is 30.1 Å². The molecule has 0 radical (unpaired) electrons. The molecule has 2 aliphatic rings. The van der Waals surface area contributed by atoms with Crippen LogP contribution in [-0.2, 0) is 0 Å². The predicted molar refractivity (Wildman–Crippen MR) is 126 cm³/mol. The Morgan fingerprint density at radius 2 is 1.94 bits per heavy atom. The van der Waals surface area contributed by atoms with Crippen LogP contribution in [0.3, 0.4) is 0 Å². The van der Waals surface area contributed by atoms with E-state index in [-0.39, 0.29) is 11.9 Å². The summed E-state index contributed by atoms with van der Waals surface area (Å²) in [6, 6.07) is 20.6. The summed E-state index contributed by atoms with van der Waals surface area (Å²) in [7, 11) is 2.16. The number of rotatable bonds is 6. The Hall–Kier alpha value is -3.30. The fraction of sp³-hybridized carbons (Fsp3) is 0.385. The standard InChI is InChI=1S/C26H29N5O/c1-18(19-6-7-19)27-26(32)22-5-3-4-21(16-22)25-17-24(28-29-25)20-8-10-23(11-9-20)31-14-12-30(2)13-15-31/h3-5,8,10,16-19H,6-7,12-15H2,1-2H3,(H,27,32)(H,28,29). The molecule has 1 saturated heterocycles. The Morgan fingerprint density at radius 1 is 1.12 bits per heavy atom. The second-order valence-electron chi connectivity index (χ2n) is 9.02. The number of nitrogens with one attached hydrogen (secondary N) is 2. The maximum Gasteiger partial charge on any atom is 0.251 e. The van der Waals surface area contributed by atoms with Gasteiger partial charge >= 0.3 is 0 Å². The van der Waals surface area contributed by atoms with Gasteiger partial charge in [-0.1, -0.05) is 18.2 Å². The normalized spacial score (nSPS) is 17.6. The minimum absolute atomic E-state index is 0.0200. The summed E-state index contributed by atoms with van der Waals surface area (Å²) in [4.78, 5) is 17.3. The smallest absolute Gasteiger partial charge is 0.251 e. The Labute approximate surface area is 189 Å². The van der Waals surface area contributed by atoms with E-state index in [0.29, 0.717) is 11.5 Å². The zero-order valence-corrected chi connectivity index (χ0v) is 18.7. The average Bonchev–Trinajstić information content (AvgIpc) is 3.56. The zero-order valence-electron chi connectivity index (χ0n) is 18.7. The largest absolute Gasteiger partial charge is 0.362 e. The highest BCUT2D eigenvalue weighted by atomic mass is 16.1. The van der Waals surface area contributed by atoms with Crippen molar-refractivity contribution >= 4 is 11.6 Å². The molecule has 1 atom stereocenters. The van der Waals surface area contributed by atoms with Crippen LogP contribution < -0.4 is 10.2 Å². The number of aromatic nitrogens is 2. The van der Waals surface area contributed by atoms with E-state index in [1.165, 1.54) is 12.8 Å². The lowest BCUT2D eigenvalue weighted by molar-refractivity contribution is 0.0936. The molecule has 3 aromatic rings. The van der Waals surface area contributed by atoms with E-state index < -0.39 is 0 Å². The molecule has 5 rings (SSSR count). The first kappa shape index (κ1) is 20.6. The molecule has 2 heterocycles. The van der Waals surface area contributed by atoms with Crippen LogP contribution >= 0.6 is 0 Å². The number of hydrogen-bond acceptors (Lipinski definition) is 4. The first-order valence-corrected chi connectivity index (χ1v) is 11.4. The molecular weight excluding hydrogens is 398 g/mol. The van der Waals surface area contributed by atoms with Gasteiger partial charge in [0.05, 0.1) is 16.9 Å². The lowest BCUT2D eigenvalue weighted by Crippen LogP contribution is -2.44. The van der Waals surface area contributed by atoms with Crippen molar-refractivity contribution < 1.29 is 4.79 Å². The van der Waals surface area contributed by atoms with Gasteiger partial charge in [-0.15, -0.1) is 0 Å². The number of carbonyl (C=O) groups excluding carboxylic acids is 1. The SMILES string of the molecule is CC(NC(=O)c1cccc(-c2cc(-c3c#cc(N4CCN(C)CC4)cc3)n[nH]2)c1)C1CC1. The molecule has 0 bridgehead atoms. The van der Waals surface area contributed by atoms with Crippen LogP contribution in [0.4, 0.5) is 5.69 Å². The monoisotopic (exact) mass is 427 g/mol. The molecule has 32 heavy (non-hydrogen) atoms. The summed E-state index contributed by atoms with van der Waals surface area (Å²) in [5.74, 6) is 0.612. The van der Waals surface area contributed by atoms with Gasteiger partial charge in [-0.3, -0.25) is 9.89 Å². The number of H-pyrrole nitrogens is 1. The van der Waals surface area contributed by atoms with Crippen molar-refractivity contribution in [2.75, 3.05) is 38.1 Å². The Bertz CT molecular complexity index is 1080. The molecule has 1 aliphatic carbocycles. The van der Waals surface area contributed by atoms with E-state index in [2.05, 4.69) is 57.5 Å². The Morgan fingerprint density at radius 3 is 2.66 bits per heavy atom. The fourth-order valence-electron chi connectivity index (χ4n) is 4.20. The van der Waals surface area contributed by atoms with Crippen molar-refractivity contribution in [2.24, 2.45) is 5.92 Å². The summed E-state index contributed by atoms with van der Waals surface area (Å²) in [5.41, 5.74) is 5.28. The summed E-state index contributed by atoms with van der Waals surface area (Å²) >= 11 is 0. The van der Waals surface area contributed by atoms with E-state index in [1.807, 2.05) is 36.4 Å². The molecule has 1 saturated carbocycles. The van der Waals surface area contributed by atoms with Crippen molar-refractivity contribution in [3.8, 4) is 22.5 Å². The number of aromatic amines is 1. The molecular formula is C26H29N5O. The lowest BCUT2D eigenvalue weighted by atomic mass is 10.1. The first-order valence-electron chi connectivity index (χ1n) is 11.4. The van der Waals surface area contributed by atoms with Crippen molar-refractivity contribution in [3.05, 3.63) is 60.2 Å². The quantitative estimate of drug-likeness (QED) is 0.631. The molecule has 1 unspecified atom stereocenters. The minimum Gasteiger partial charge on any atom is -0.362 e. The Balaban J connectivity index is 1.29. The van der Waals surface area contributed by atoms with Gasteiger partial charge in [-0.05, 0) is 69.1 Å². The number of piperazine rings is 1. The first-order chi connectivity index (χ1) is 15.6. The molecule has 6 heteroatoms. The van der Waals surface area contributed by atoms with Crippen LogP contribution in [0.2, 0.25) is 0 Å². The summed E-state index contributed by atoms with van der Waals surface area (Å²) < 4.78 is 0. The van der Waals surface area contributed by atoms with Crippen molar-refractivity contribution in [2.45, 2.75) is 25.8 Å². The molecule has 1 aromatic heterocycles. The maximum absolute atomic E-state index is 12.6. The number of amides is 1. The van der Waals surface area contributed by atoms with E-state index in [4.69, 9.17) is 0 Å². The van der Waals surface area contributed by atoms with Gasteiger partial charge in [-0.2, -0.15) is 5.10 Å². The van der Waals surface area contributed by atoms with Crippen LogP contribution in [-0.4, -0.2) is 60.3 Å². The van der Waals surface area contributed by atoms with Gasteiger partial charge in [0.15, 0.2) is 0 Å². The molecule has 2 aromatic carbocycles. The van der Waals surface area contributed by atoms with Crippen LogP contribution in [0.15, 0.2) is 42.5 Å². The van der Waals surface area contributed by atoms with Gasteiger partial charge in [0, 0.05) is 43.3 Å². The van der Waals surface area contributed by atoms with Crippen molar-refractivity contribution in [1.82, 2.24) is 20.4 Å². The second-order valence-corrected chi connectivity index (χ2v) is 9.02. The van der Waals surface area contributed by atoms with Crippen LogP contribution in [0, 0.1) is 18.1 Å². The number of nitrogens with zero attached hydrogens (tertiary/aromatic N) is 3. The number of anilines is 1. The highest BCUT2D eigenvalue weighted by molar-refractivity contribution is 5.95.